The minimum absolute atomic E-state index is 0.112. The van der Waals surface area contributed by atoms with Crippen molar-refractivity contribution >= 4 is 5.91 Å². The van der Waals surface area contributed by atoms with Crippen molar-refractivity contribution < 1.29 is 19.1 Å². The molecule has 0 bridgehead atoms. The average molecular weight is 331 g/mol. The lowest BCUT2D eigenvalue weighted by molar-refractivity contribution is -0.126. The summed E-state index contributed by atoms with van der Waals surface area (Å²) >= 11 is 0. The fraction of sp³-hybridized carbons (Fsp3) is 0.421. The van der Waals surface area contributed by atoms with E-state index in [4.69, 9.17) is 9.15 Å². The number of aryl methyl sites for hydroxylation is 2. The molecular formula is C19H25NO4. The first-order valence-corrected chi connectivity index (χ1v) is 8.05. The van der Waals surface area contributed by atoms with E-state index in [9.17, 15) is 9.90 Å². The van der Waals surface area contributed by atoms with E-state index in [0.29, 0.717) is 11.3 Å². The molecule has 1 aromatic heterocycles. The molecule has 0 aliphatic carbocycles. The second kappa shape index (κ2) is 7.53. The van der Waals surface area contributed by atoms with E-state index in [1.807, 2.05) is 37.3 Å². The molecule has 0 fully saturated rings. The van der Waals surface area contributed by atoms with Crippen LogP contribution >= 0.6 is 0 Å². The summed E-state index contributed by atoms with van der Waals surface area (Å²) in [5.74, 6) is 1.64. The summed E-state index contributed by atoms with van der Waals surface area (Å²) in [5, 5.41) is 13.4. The van der Waals surface area contributed by atoms with E-state index >= 15 is 0 Å². The van der Waals surface area contributed by atoms with Crippen molar-refractivity contribution in [1.82, 2.24) is 5.32 Å². The molecule has 1 heterocycles. The van der Waals surface area contributed by atoms with Crippen molar-refractivity contribution in [1.29, 1.82) is 0 Å². The molecule has 2 aromatic rings. The van der Waals surface area contributed by atoms with Crippen LogP contribution < -0.4 is 10.1 Å². The third-order valence-corrected chi connectivity index (χ3v) is 3.92. The summed E-state index contributed by atoms with van der Waals surface area (Å²) in [6.07, 6.45) is 0. The van der Waals surface area contributed by atoms with Crippen LogP contribution in [0.15, 0.2) is 40.8 Å². The van der Waals surface area contributed by atoms with Crippen molar-refractivity contribution in [2.45, 2.75) is 33.3 Å². The molecule has 2 unspecified atom stereocenters. The van der Waals surface area contributed by atoms with Gasteiger partial charge < -0.3 is 19.6 Å². The van der Waals surface area contributed by atoms with Gasteiger partial charge in [0.1, 0.15) is 22.9 Å². The van der Waals surface area contributed by atoms with Gasteiger partial charge in [-0.05, 0) is 39.0 Å². The number of amides is 1. The van der Waals surface area contributed by atoms with Crippen LogP contribution in [0.2, 0.25) is 0 Å². The van der Waals surface area contributed by atoms with Gasteiger partial charge in [-0.25, -0.2) is 0 Å². The maximum atomic E-state index is 12.2. The zero-order valence-corrected chi connectivity index (χ0v) is 14.6. The Morgan fingerprint density at radius 1 is 1.33 bits per heavy atom. The number of ether oxygens (including phenoxy) is 1. The van der Waals surface area contributed by atoms with E-state index < -0.39 is 5.60 Å². The first kappa shape index (κ1) is 18.1. The minimum atomic E-state index is -1.18. The number of rotatable bonds is 7. The molecule has 1 amide bonds. The van der Waals surface area contributed by atoms with Crippen LogP contribution in [0.1, 0.15) is 30.9 Å². The summed E-state index contributed by atoms with van der Waals surface area (Å²) in [6.45, 7) is 7.47. The summed E-state index contributed by atoms with van der Waals surface area (Å²) < 4.78 is 11.0. The molecule has 1 aromatic carbocycles. The number of benzene rings is 1. The highest BCUT2D eigenvalue weighted by Gasteiger charge is 2.29. The Balaban J connectivity index is 1.86. The first-order valence-electron chi connectivity index (χ1n) is 8.05. The normalized spacial score (nSPS) is 14.7. The maximum Gasteiger partial charge on any atom is 0.226 e. The van der Waals surface area contributed by atoms with Gasteiger partial charge in [-0.3, -0.25) is 4.79 Å². The van der Waals surface area contributed by atoms with Gasteiger partial charge in [0.05, 0.1) is 19.1 Å². The van der Waals surface area contributed by atoms with E-state index in [1.54, 1.807) is 26.8 Å². The second-order valence-corrected chi connectivity index (χ2v) is 6.34. The fourth-order valence-corrected chi connectivity index (χ4v) is 2.51. The predicted molar refractivity (Wildman–Crippen MR) is 91.9 cm³/mol. The molecule has 130 valence electrons. The summed E-state index contributed by atoms with van der Waals surface area (Å²) in [7, 11) is 0. The molecule has 2 rings (SSSR count). The SMILES string of the molecule is Cc1cc(C(C)(O)CNC(=O)C(C)COc2ccccc2)c(C)o1. The molecule has 0 spiro atoms. The van der Waals surface area contributed by atoms with Crippen molar-refractivity contribution in [2.75, 3.05) is 13.2 Å². The van der Waals surface area contributed by atoms with Gasteiger partial charge in [-0.15, -0.1) is 0 Å². The Labute approximate surface area is 142 Å². The third-order valence-electron chi connectivity index (χ3n) is 3.92. The monoisotopic (exact) mass is 331 g/mol. The van der Waals surface area contributed by atoms with Gasteiger partial charge in [0.15, 0.2) is 0 Å². The Morgan fingerprint density at radius 2 is 2.00 bits per heavy atom. The molecule has 0 aliphatic heterocycles. The number of nitrogens with one attached hydrogen (secondary N) is 1. The molecule has 5 nitrogen and oxygen atoms in total. The van der Waals surface area contributed by atoms with Crippen LogP contribution in [0.3, 0.4) is 0 Å². The quantitative estimate of drug-likeness (QED) is 0.818. The number of para-hydroxylation sites is 1. The lowest BCUT2D eigenvalue weighted by Gasteiger charge is -2.24. The molecule has 0 radical (unpaired) electrons. The molecule has 0 saturated carbocycles. The zero-order chi connectivity index (χ0) is 17.7. The lowest BCUT2D eigenvalue weighted by Crippen LogP contribution is -2.41. The molecule has 0 aliphatic rings. The summed E-state index contributed by atoms with van der Waals surface area (Å²) in [6, 6.07) is 11.2. The van der Waals surface area contributed by atoms with Crippen LogP contribution in [-0.2, 0) is 10.4 Å². The molecule has 2 N–H and O–H groups in total. The summed E-state index contributed by atoms with van der Waals surface area (Å²) in [4.78, 5) is 12.2. The highest BCUT2D eigenvalue weighted by Crippen LogP contribution is 2.26. The van der Waals surface area contributed by atoms with E-state index in [0.717, 1.165) is 11.5 Å². The average Bonchev–Trinajstić information content (AvgIpc) is 2.90. The highest BCUT2D eigenvalue weighted by molar-refractivity contribution is 5.78. The summed E-state index contributed by atoms with van der Waals surface area (Å²) in [5.41, 5.74) is -0.495. The number of carbonyl (C=O) groups excluding carboxylic acids is 1. The minimum Gasteiger partial charge on any atom is -0.493 e. The van der Waals surface area contributed by atoms with E-state index in [1.165, 1.54) is 0 Å². The van der Waals surface area contributed by atoms with Crippen LogP contribution in [0.4, 0.5) is 0 Å². The fourth-order valence-electron chi connectivity index (χ4n) is 2.51. The second-order valence-electron chi connectivity index (χ2n) is 6.34. The van der Waals surface area contributed by atoms with Crippen LogP contribution in [0.25, 0.3) is 0 Å². The first-order chi connectivity index (χ1) is 11.3. The van der Waals surface area contributed by atoms with Crippen LogP contribution in [0.5, 0.6) is 5.75 Å². The molecular weight excluding hydrogens is 306 g/mol. The Bertz CT molecular complexity index is 676. The predicted octanol–water partition coefficient (Wildman–Crippen LogP) is 2.94. The van der Waals surface area contributed by atoms with Gasteiger partial charge in [-0.1, -0.05) is 25.1 Å². The van der Waals surface area contributed by atoms with Crippen molar-refractivity contribution in [3.8, 4) is 5.75 Å². The molecule has 5 heteroatoms. The Hall–Kier alpha value is -2.27. The maximum absolute atomic E-state index is 12.2. The van der Waals surface area contributed by atoms with Gasteiger partial charge in [0, 0.05) is 5.56 Å². The lowest BCUT2D eigenvalue weighted by atomic mass is 9.96. The Kier molecular flexibility index (Phi) is 5.67. The zero-order valence-electron chi connectivity index (χ0n) is 14.6. The highest BCUT2D eigenvalue weighted by atomic mass is 16.5. The molecule has 24 heavy (non-hydrogen) atoms. The third kappa shape index (κ3) is 4.61. The van der Waals surface area contributed by atoms with Gasteiger partial charge in [0.25, 0.3) is 0 Å². The number of hydrogen-bond acceptors (Lipinski definition) is 4. The smallest absolute Gasteiger partial charge is 0.226 e. The molecule has 2 atom stereocenters. The largest absolute Gasteiger partial charge is 0.493 e. The van der Waals surface area contributed by atoms with Gasteiger partial charge in [-0.2, -0.15) is 0 Å². The van der Waals surface area contributed by atoms with E-state index in [2.05, 4.69) is 5.32 Å². The number of hydrogen-bond donors (Lipinski definition) is 2. The number of carbonyl (C=O) groups is 1. The van der Waals surface area contributed by atoms with Crippen molar-refractivity contribution in [3.63, 3.8) is 0 Å². The number of furan rings is 1. The van der Waals surface area contributed by atoms with Crippen LogP contribution in [-0.4, -0.2) is 24.2 Å². The van der Waals surface area contributed by atoms with Crippen LogP contribution in [0, 0.1) is 19.8 Å². The number of aliphatic hydroxyl groups is 1. The topological polar surface area (TPSA) is 71.7 Å². The van der Waals surface area contributed by atoms with Gasteiger partial charge in [0.2, 0.25) is 5.91 Å². The van der Waals surface area contributed by atoms with E-state index in [-0.39, 0.29) is 25.0 Å². The molecule has 0 saturated heterocycles. The standard InChI is InChI=1S/C19H25NO4/c1-13(11-23-16-8-6-5-7-9-16)18(21)20-12-19(4,22)17-10-14(2)24-15(17)3/h5-10,13,22H,11-12H2,1-4H3,(H,20,21). The van der Waals surface area contributed by atoms with Gasteiger partial charge >= 0.3 is 0 Å². The van der Waals surface area contributed by atoms with Crippen molar-refractivity contribution in [3.05, 3.63) is 53.5 Å². The van der Waals surface area contributed by atoms with Crippen molar-refractivity contribution in [2.24, 2.45) is 5.92 Å². The Morgan fingerprint density at radius 3 is 2.58 bits per heavy atom.